The summed E-state index contributed by atoms with van der Waals surface area (Å²) in [5, 5.41) is 11.3. The van der Waals surface area contributed by atoms with Gasteiger partial charge in [-0.25, -0.2) is 9.97 Å². The number of para-hydroxylation sites is 2. The summed E-state index contributed by atoms with van der Waals surface area (Å²) in [5.41, 5.74) is 6.09. The number of nitrogens with zero attached hydrogens (tertiary/aromatic N) is 4. The first-order valence-corrected chi connectivity index (χ1v) is 6.42. The van der Waals surface area contributed by atoms with Gasteiger partial charge >= 0.3 is 5.69 Å². The van der Waals surface area contributed by atoms with Crippen molar-refractivity contribution in [1.82, 2.24) is 9.97 Å². The largest absolute Gasteiger partial charge is 0.491 e. The second-order valence-corrected chi connectivity index (χ2v) is 4.51. The SMILES string of the molecule is Nc1ncnc(N2CCCOc3ccccc32)c1[N+](=O)[O-]. The minimum absolute atomic E-state index is 0.146. The molecule has 0 spiro atoms. The third kappa shape index (κ3) is 2.31. The Balaban J connectivity index is 2.17. The molecule has 1 aromatic carbocycles. The number of fused-ring (bicyclic) bond motifs is 1. The number of hydrogen-bond acceptors (Lipinski definition) is 7. The van der Waals surface area contributed by atoms with Crippen LogP contribution < -0.4 is 15.4 Å². The highest BCUT2D eigenvalue weighted by Gasteiger charge is 2.28. The topological polar surface area (TPSA) is 107 Å². The Hall–Kier alpha value is -2.90. The zero-order chi connectivity index (χ0) is 14.8. The van der Waals surface area contributed by atoms with Crippen LogP contribution in [0.5, 0.6) is 5.75 Å². The van der Waals surface area contributed by atoms with E-state index < -0.39 is 4.92 Å². The molecule has 0 fully saturated rings. The van der Waals surface area contributed by atoms with E-state index in [4.69, 9.17) is 10.5 Å². The van der Waals surface area contributed by atoms with E-state index in [1.165, 1.54) is 6.33 Å². The lowest BCUT2D eigenvalue weighted by molar-refractivity contribution is -0.383. The van der Waals surface area contributed by atoms with Gasteiger partial charge in [0.2, 0.25) is 11.6 Å². The average molecular weight is 287 g/mol. The molecule has 0 amide bonds. The van der Waals surface area contributed by atoms with Crippen molar-refractivity contribution in [2.45, 2.75) is 6.42 Å². The molecule has 21 heavy (non-hydrogen) atoms. The molecule has 0 atom stereocenters. The van der Waals surface area contributed by atoms with Gasteiger partial charge < -0.3 is 15.4 Å². The Bertz CT molecular complexity index is 691. The number of ether oxygens (including phenoxy) is 1. The van der Waals surface area contributed by atoms with Crippen molar-refractivity contribution >= 4 is 23.0 Å². The number of benzene rings is 1. The molecular weight excluding hydrogens is 274 g/mol. The Morgan fingerprint density at radius 3 is 2.95 bits per heavy atom. The van der Waals surface area contributed by atoms with E-state index >= 15 is 0 Å². The van der Waals surface area contributed by atoms with Gasteiger partial charge in [-0.1, -0.05) is 12.1 Å². The monoisotopic (exact) mass is 287 g/mol. The van der Waals surface area contributed by atoms with Crippen molar-refractivity contribution in [3.63, 3.8) is 0 Å². The maximum Gasteiger partial charge on any atom is 0.353 e. The number of hydrogen-bond donors (Lipinski definition) is 1. The molecule has 1 aliphatic rings. The van der Waals surface area contributed by atoms with Crippen molar-refractivity contribution in [1.29, 1.82) is 0 Å². The van der Waals surface area contributed by atoms with Crippen LogP contribution in [0.1, 0.15) is 6.42 Å². The number of anilines is 3. The summed E-state index contributed by atoms with van der Waals surface area (Å²) in [5.74, 6) is 0.708. The standard InChI is InChI=1S/C13H13N5O3/c14-12-11(18(19)20)13(16-8-15-12)17-6-3-7-21-10-5-2-1-4-9(10)17/h1-2,4-5,8H,3,6-7H2,(H2,14,15,16). The van der Waals surface area contributed by atoms with Crippen molar-refractivity contribution in [3.8, 4) is 5.75 Å². The normalized spacial score (nSPS) is 14.0. The Labute approximate surface area is 120 Å². The van der Waals surface area contributed by atoms with Gasteiger partial charge in [-0.3, -0.25) is 10.1 Å². The quantitative estimate of drug-likeness (QED) is 0.663. The molecule has 0 saturated heterocycles. The van der Waals surface area contributed by atoms with E-state index in [9.17, 15) is 10.1 Å². The van der Waals surface area contributed by atoms with E-state index in [0.29, 0.717) is 18.9 Å². The predicted molar refractivity (Wildman–Crippen MR) is 76.7 cm³/mol. The van der Waals surface area contributed by atoms with E-state index in [1.54, 1.807) is 4.90 Å². The molecule has 108 valence electrons. The second kappa shape index (κ2) is 5.23. The molecule has 8 heteroatoms. The van der Waals surface area contributed by atoms with Gasteiger partial charge in [0.15, 0.2) is 0 Å². The van der Waals surface area contributed by atoms with Crippen LogP contribution >= 0.6 is 0 Å². The van der Waals surface area contributed by atoms with Crippen LogP contribution in [-0.4, -0.2) is 28.0 Å². The van der Waals surface area contributed by atoms with E-state index in [1.807, 2.05) is 24.3 Å². The van der Waals surface area contributed by atoms with Crippen LogP contribution in [0.15, 0.2) is 30.6 Å². The molecular formula is C13H13N5O3. The van der Waals surface area contributed by atoms with Gasteiger partial charge in [-0.05, 0) is 18.6 Å². The lowest BCUT2D eigenvalue weighted by atomic mass is 10.2. The van der Waals surface area contributed by atoms with Crippen LogP contribution in [0.25, 0.3) is 0 Å². The van der Waals surface area contributed by atoms with Crippen molar-refractivity contribution in [2.24, 2.45) is 0 Å². The highest BCUT2D eigenvalue weighted by Crippen LogP contribution is 2.39. The molecule has 2 N–H and O–H groups in total. The summed E-state index contributed by atoms with van der Waals surface area (Å²) in [6.45, 7) is 1.09. The molecule has 0 bridgehead atoms. The first-order valence-electron chi connectivity index (χ1n) is 6.42. The van der Waals surface area contributed by atoms with Gasteiger partial charge in [-0.15, -0.1) is 0 Å². The molecule has 0 radical (unpaired) electrons. The van der Waals surface area contributed by atoms with Crippen LogP contribution in [-0.2, 0) is 0 Å². The zero-order valence-corrected chi connectivity index (χ0v) is 11.1. The fraction of sp³-hybridized carbons (Fsp3) is 0.231. The summed E-state index contributed by atoms with van der Waals surface area (Å²) in [6.07, 6.45) is 1.95. The van der Waals surface area contributed by atoms with Crippen molar-refractivity contribution < 1.29 is 9.66 Å². The molecule has 1 aliphatic heterocycles. The first kappa shape index (κ1) is 13.1. The summed E-state index contributed by atoms with van der Waals surface area (Å²) < 4.78 is 5.64. The minimum atomic E-state index is -0.557. The lowest BCUT2D eigenvalue weighted by Crippen LogP contribution is -2.21. The molecule has 0 saturated carbocycles. The summed E-state index contributed by atoms with van der Waals surface area (Å²) in [6, 6.07) is 7.36. The molecule has 2 heterocycles. The van der Waals surface area contributed by atoms with Crippen LogP contribution in [0.4, 0.5) is 23.0 Å². The fourth-order valence-electron chi connectivity index (χ4n) is 2.30. The van der Waals surface area contributed by atoms with Gasteiger partial charge in [0.1, 0.15) is 12.1 Å². The van der Waals surface area contributed by atoms with Crippen LogP contribution in [0.2, 0.25) is 0 Å². The number of nitro groups is 1. The van der Waals surface area contributed by atoms with Gasteiger partial charge in [0.05, 0.1) is 17.2 Å². The Kier molecular flexibility index (Phi) is 3.27. The van der Waals surface area contributed by atoms with E-state index in [-0.39, 0.29) is 17.3 Å². The smallest absolute Gasteiger partial charge is 0.353 e. The summed E-state index contributed by atoms with van der Waals surface area (Å²) in [4.78, 5) is 20.2. The molecule has 3 rings (SSSR count). The van der Waals surface area contributed by atoms with Crippen molar-refractivity contribution in [2.75, 3.05) is 23.8 Å². The number of rotatable bonds is 2. The van der Waals surface area contributed by atoms with Crippen LogP contribution in [0.3, 0.4) is 0 Å². The first-order chi connectivity index (χ1) is 10.2. The minimum Gasteiger partial charge on any atom is -0.491 e. The molecule has 1 aromatic heterocycles. The highest BCUT2D eigenvalue weighted by molar-refractivity contribution is 5.77. The Morgan fingerprint density at radius 2 is 2.14 bits per heavy atom. The zero-order valence-electron chi connectivity index (χ0n) is 11.1. The van der Waals surface area contributed by atoms with Gasteiger partial charge in [0.25, 0.3) is 0 Å². The molecule has 8 nitrogen and oxygen atoms in total. The summed E-state index contributed by atoms with van der Waals surface area (Å²) in [7, 11) is 0. The second-order valence-electron chi connectivity index (χ2n) is 4.51. The number of aromatic nitrogens is 2. The van der Waals surface area contributed by atoms with E-state index in [2.05, 4.69) is 9.97 Å². The third-order valence-electron chi connectivity index (χ3n) is 3.21. The van der Waals surface area contributed by atoms with Crippen LogP contribution in [0, 0.1) is 10.1 Å². The highest BCUT2D eigenvalue weighted by atomic mass is 16.6. The van der Waals surface area contributed by atoms with Gasteiger partial charge in [0, 0.05) is 6.54 Å². The molecule has 0 aliphatic carbocycles. The third-order valence-corrected chi connectivity index (χ3v) is 3.21. The average Bonchev–Trinajstić information content (AvgIpc) is 2.68. The fourth-order valence-corrected chi connectivity index (χ4v) is 2.30. The number of nitrogens with two attached hydrogens (primary N) is 1. The maximum absolute atomic E-state index is 11.3. The summed E-state index contributed by atoms with van der Waals surface area (Å²) >= 11 is 0. The lowest BCUT2D eigenvalue weighted by Gasteiger charge is -2.22. The number of nitrogen functional groups attached to an aromatic ring is 1. The Morgan fingerprint density at radius 1 is 1.33 bits per heavy atom. The van der Waals surface area contributed by atoms with Gasteiger partial charge in [-0.2, -0.15) is 0 Å². The predicted octanol–water partition coefficient (Wildman–Crippen LogP) is 1.89. The van der Waals surface area contributed by atoms with E-state index in [0.717, 1.165) is 12.1 Å². The maximum atomic E-state index is 11.3. The van der Waals surface area contributed by atoms with Crippen molar-refractivity contribution in [3.05, 3.63) is 40.7 Å². The molecule has 0 unspecified atom stereocenters. The molecule has 2 aromatic rings.